The van der Waals surface area contributed by atoms with Crippen molar-refractivity contribution in [2.45, 2.75) is 13.8 Å². The maximum atomic E-state index is 11.7. The SMILES string of the molecule is CCOC(=O)C(C)COc1ccccc1C(=O)CBr. The number of halogens is 1. The molecule has 1 unspecified atom stereocenters. The lowest BCUT2D eigenvalue weighted by Crippen LogP contribution is -2.21. The van der Waals surface area contributed by atoms with Crippen LogP contribution in [0.4, 0.5) is 0 Å². The fourth-order valence-electron chi connectivity index (χ4n) is 1.46. The van der Waals surface area contributed by atoms with E-state index in [4.69, 9.17) is 9.47 Å². The summed E-state index contributed by atoms with van der Waals surface area (Å²) in [4.78, 5) is 23.2. The molecule has 0 aliphatic carbocycles. The number of hydrogen-bond acceptors (Lipinski definition) is 4. The zero-order valence-electron chi connectivity index (χ0n) is 11.0. The molecule has 1 aromatic carbocycles. The van der Waals surface area contributed by atoms with Gasteiger partial charge in [-0.15, -0.1) is 0 Å². The standard InChI is InChI=1S/C14H17BrO4/c1-3-18-14(17)10(2)9-19-13-7-5-4-6-11(13)12(16)8-15/h4-7,10H,3,8-9H2,1-2H3. The number of carbonyl (C=O) groups excluding carboxylic acids is 2. The first-order valence-electron chi connectivity index (χ1n) is 6.07. The van der Waals surface area contributed by atoms with Crippen LogP contribution in [0.15, 0.2) is 24.3 Å². The highest BCUT2D eigenvalue weighted by Crippen LogP contribution is 2.20. The van der Waals surface area contributed by atoms with Crippen LogP contribution >= 0.6 is 15.9 Å². The highest BCUT2D eigenvalue weighted by atomic mass is 79.9. The topological polar surface area (TPSA) is 52.6 Å². The second kappa shape index (κ2) is 7.94. The largest absolute Gasteiger partial charge is 0.492 e. The van der Waals surface area contributed by atoms with Crippen LogP contribution in [0.25, 0.3) is 0 Å². The number of alkyl halides is 1. The molecule has 0 amide bonds. The summed E-state index contributed by atoms with van der Waals surface area (Å²) in [6, 6.07) is 6.98. The van der Waals surface area contributed by atoms with E-state index in [-0.39, 0.29) is 29.6 Å². The van der Waals surface area contributed by atoms with E-state index in [0.717, 1.165) is 0 Å². The third-order valence-electron chi connectivity index (χ3n) is 2.49. The van der Waals surface area contributed by atoms with Crippen molar-refractivity contribution >= 4 is 27.7 Å². The van der Waals surface area contributed by atoms with Gasteiger partial charge in [-0.1, -0.05) is 28.1 Å². The first kappa shape index (κ1) is 15.7. The Labute approximate surface area is 121 Å². The molecule has 104 valence electrons. The summed E-state index contributed by atoms with van der Waals surface area (Å²) in [5, 5.41) is 0.237. The average molecular weight is 329 g/mol. The Morgan fingerprint density at radius 3 is 2.63 bits per heavy atom. The molecule has 1 rings (SSSR count). The second-order valence-electron chi connectivity index (χ2n) is 4.02. The zero-order chi connectivity index (χ0) is 14.3. The normalized spacial score (nSPS) is 11.7. The Morgan fingerprint density at radius 2 is 2.00 bits per heavy atom. The lowest BCUT2D eigenvalue weighted by molar-refractivity contribution is -0.148. The number of rotatable bonds is 7. The van der Waals surface area contributed by atoms with Gasteiger partial charge in [0, 0.05) is 0 Å². The Bertz CT molecular complexity index is 445. The first-order valence-corrected chi connectivity index (χ1v) is 7.19. The summed E-state index contributed by atoms with van der Waals surface area (Å²) in [6.45, 7) is 4.02. The minimum absolute atomic E-state index is 0.0561. The van der Waals surface area contributed by atoms with Crippen LogP contribution < -0.4 is 4.74 Å². The number of ketones is 1. The number of benzene rings is 1. The van der Waals surface area contributed by atoms with Gasteiger partial charge >= 0.3 is 5.97 Å². The predicted octanol–water partition coefficient (Wildman–Crippen LogP) is 2.84. The van der Waals surface area contributed by atoms with E-state index in [1.165, 1.54) is 0 Å². The fraction of sp³-hybridized carbons (Fsp3) is 0.429. The van der Waals surface area contributed by atoms with Crippen LogP contribution in [-0.4, -0.2) is 30.3 Å². The number of ether oxygens (including phenoxy) is 2. The Hall–Kier alpha value is -1.36. The Balaban J connectivity index is 2.67. The average Bonchev–Trinajstić information content (AvgIpc) is 2.44. The van der Waals surface area contributed by atoms with Gasteiger partial charge in [-0.2, -0.15) is 0 Å². The quantitative estimate of drug-likeness (QED) is 0.438. The van der Waals surface area contributed by atoms with E-state index in [9.17, 15) is 9.59 Å². The third kappa shape index (κ3) is 4.67. The minimum Gasteiger partial charge on any atom is -0.492 e. The van der Waals surface area contributed by atoms with Crippen LogP contribution in [0.1, 0.15) is 24.2 Å². The van der Waals surface area contributed by atoms with Gasteiger partial charge in [0.1, 0.15) is 12.4 Å². The van der Waals surface area contributed by atoms with Gasteiger partial charge in [0.15, 0.2) is 5.78 Å². The zero-order valence-corrected chi connectivity index (χ0v) is 12.6. The monoisotopic (exact) mass is 328 g/mol. The maximum Gasteiger partial charge on any atom is 0.312 e. The number of esters is 1. The van der Waals surface area contributed by atoms with Crippen molar-refractivity contribution in [1.82, 2.24) is 0 Å². The third-order valence-corrected chi connectivity index (χ3v) is 3.00. The first-order chi connectivity index (χ1) is 9.10. The second-order valence-corrected chi connectivity index (χ2v) is 4.58. The molecule has 1 atom stereocenters. The van der Waals surface area contributed by atoms with Gasteiger partial charge in [-0.3, -0.25) is 9.59 Å². The van der Waals surface area contributed by atoms with Gasteiger partial charge in [0.05, 0.1) is 23.4 Å². The Morgan fingerprint density at radius 1 is 1.32 bits per heavy atom. The molecule has 0 aromatic heterocycles. The summed E-state index contributed by atoms with van der Waals surface area (Å²) < 4.78 is 10.4. The van der Waals surface area contributed by atoms with Crippen molar-refractivity contribution in [3.63, 3.8) is 0 Å². The van der Waals surface area contributed by atoms with Crippen LogP contribution in [0, 0.1) is 5.92 Å². The lowest BCUT2D eigenvalue weighted by Gasteiger charge is -2.14. The molecule has 0 heterocycles. The summed E-state index contributed by atoms with van der Waals surface area (Å²) in [5.74, 6) is -0.235. The highest BCUT2D eigenvalue weighted by molar-refractivity contribution is 9.09. The molecular weight excluding hydrogens is 312 g/mol. The molecule has 0 aliphatic rings. The molecule has 0 radical (unpaired) electrons. The summed E-state index contributed by atoms with van der Waals surface area (Å²) in [6.07, 6.45) is 0. The van der Waals surface area contributed by atoms with Crippen molar-refractivity contribution in [3.8, 4) is 5.75 Å². The number of Topliss-reactive ketones (excluding diaryl/α,β-unsaturated/α-hetero) is 1. The van der Waals surface area contributed by atoms with Gasteiger partial charge in [0.25, 0.3) is 0 Å². The molecule has 0 fully saturated rings. The maximum absolute atomic E-state index is 11.7. The predicted molar refractivity (Wildman–Crippen MR) is 75.9 cm³/mol. The van der Waals surface area contributed by atoms with Gasteiger partial charge < -0.3 is 9.47 Å². The molecule has 5 heteroatoms. The van der Waals surface area contributed by atoms with Crippen molar-refractivity contribution in [2.24, 2.45) is 5.92 Å². The minimum atomic E-state index is -0.368. The molecule has 0 bridgehead atoms. The van der Waals surface area contributed by atoms with Gasteiger partial charge in [-0.25, -0.2) is 0 Å². The molecule has 0 saturated heterocycles. The van der Waals surface area contributed by atoms with E-state index in [1.807, 2.05) is 0 Å². The molecular formula is C14H17BrO4. The van der Waals surface area contributed by atoms with Crippen molar-refractivity contribution in [1.29, 1.82) is 0 Å². The van der Waals surface area contributed by atoms with Crippen LogP contribution in [0.5, 0.6) is 5.75 Å². The number of hydrogen-bond donors (Lipinski definition) is 0. The Kier molecular flexibility index (Phi) is 6.56. The van der Waals surface area contributed by atoms with E-state index in [1.54, 1.807) is 38.1 Å². The molecule has 0 aliphatic heterocycles. The smallest absolute Gasteiger partial charge is 0.312 e. The van der Waals surface area contributed by atoms with Crippen molar-refractivity contribution in [2.75, 3.05) is 18.5 Å². The summed E-state index contributed by atoms with van der Waals surface area (Å²) in [7, 11) is 0. The van der Waals surface area contributed by atoms with E-state index in [2.05, 4.69) is 15.9 Å². The van der Waals surface area contributed by atoms with E-state index in [0.29, 0.717) is 17.9 Å². The summed E-state index contributed by atoms with van der Waals surface area (Å²) in [5.41, 5.74) is 0.510. The molecule has 0 N–H and O–H groups in total. The van der Waals surface area contributed by atoms with E-state index < -0.39 is 0 Å². The molecule has 0 saturated carbocycles. The van der Waals surface area contributed by atoms with Crippen LogP contribution in [0.3, 0.4) is 0 Å². The molecule has 4 nitrogen and oxygen atoms in total. The number of para-hydroxylation sites is 1. The molecule has 19 heavy (non-hydrogen) atoms. The van der Waals surface area contributed by atoms with Crippen LogP contribution in [0.2, 0.25) is 0 Å². The lowest BCUT2D eigenvalue weighted by atomic mass is 10.1. The summed E-state index contributed by atoms with van der Waals surface area (Å²) >= 11 is 3.13. The molecule has 1 aromatic rings. The highest BCUT2D eigenvalue weighted by Gasteiger charge is 2.16. The van der Waals surface area contributed by atoms with Crippen LogP contribution in [-0.2, 0) is 9.53 Å². The number of carbonyl (C=O) groups is 2. The van der Waals surface area contributed by atoms with Crippen molar-refractivity contribution in [3.05, 3.63) is 29.8 Å². The van der Waals surface area contributed by atoms with E-state index >= 15 is 0 Å². The fourth-order valence-corrected chi connectivity index (χ4v) is 1.76. The van der Waals surface area contributed by atoms with Gasteiger partial charge in [0.2, 0.25) is 0 Å². The van der Waals surface area contributed by atoms with Gasteiger partial charge in [-0.05, 0) is 26.0 Å². The van der Waals surface area contributed by atoms with Crippen molar-refractivity contribution < 1.29 is 19.1 Å². The molecule has 0 spiro atoms.